The summed E-state index contributed by atoms with van der Waals surface area (Å²) in [5.41, 5.74) is 1.74. The number of sulfonamides is 1. The van der Waals surface area contributed by atoms with E-state index in [4.69, 9.17) is 27.9 Å². The Balaban J connectivity index is 0.00000405. The number of halogens is 2. The van der Waals surface area contributed by atoms with Crippen molar-refractivity contribution in [1.82, 2.24) is 9.97 Å². The number of ether oxygens (including phenoxy) is 1. The van der Waals surface area contributed by atoms with E-state index >= 15 is 0 Å². The van der Waals surface area contributed by atoms with Crippen LogP contribution >= 0.6 is 23.2 Å². The van der Waals surface area contributed by atoms with E-state index < -0.39 is 15.9 Å². The molecule has 10 nitrogen and oxygen atoms in total. The SMILES string of the molecule is C.COc1cc(O)cc(Nc2nc3ccccc3nc2NS(=O)(=O)c2cccc(NC(=O)c3ccc(Cl)cc3Cl)c2)c1. The minimum Gasteiger partial charge on any atom is -0.508 e. The largest absolute Gasteiger partial charge is 0.508 e. The topological polar surface area (TPSA) is 143 Å². The van der Waals surface area contributed by atoms with Gasteiger partial charge in [0.05, 0.1) is 33.6 Å². The van der Waals surface area contributed by atoms with Crippen molar-refractivity contribution in [1.29, 1.82) is 0 Å². The van der Waals surface area contributed by atoms with Crippen LogP contribution in [-0.2, 0) is 10.0 Å². The molecular weight excluding hydrogens is 601 g/mol. The van der Waals surface area contributed by atoms with Crippen LogP contribution in [0.3, 0.4) is 0 Å². The van der Waals surface area contributed by atoms with Gasteiger partial charge in [-0.25, -0.2) is 18.4 Å². The van der Waals surface area contributed by atoms with Gasteiger partial charge in [-0.2, -0.15) is 0 Å². The Morgan fingerprint density at radius 3 is 2.26 bits per heavy atom. The normalized spacial score (nSPS) is 10.9. The van der Waals surface area contributed by atoms with Gasteiger partial charge in [0.25, 0.3) is 15.9 Å². The number of fused-ring (bicyclic) bond motifs is 1. The van der Waals surface area contributed by atoms with Crippen LogP contribution in [0.5, 0.6) is 11.5 Å². The van der Waals surface area contributed by atoms with Crippen molar-refractivity contribution in [3.63, 3.8) is 0 Å². The molecule has 0 aliphatic heterocycles. The van der Waals surface area contributed by atoms with Crippen LogP contribution in [0, 0.1) is 0 Å². The number of methoxy groups -OCH3 is 1. The zero-order valence-electron chi connectivity index (χ0n) is 21.2. The van der Waals surface area contributed by atoms with Gasteiger partial charge in [0, 0.05) is 34.6 Å². The van der Waals surface area contributed by atoms with E-state index in [1.165, 1.54) is 55.6 Å². The van der Waals surface area contributed by atoms with Crippen LogP contribution < -0.4 is 20.1 Å². The van der Waals surface area contributed by atoms with Gasteiger partial charge in [0.1, 0.15) is 11.5 Å². The Bertz CT molecular complexity index is 1900. The molecule has 5 rings (SSSR count). The smallest absolute Gasteiger partial charge is 0.263 e. The molecule has 216 valence electrons. The second kappa shape index (κ2) is 12.5. The van der Waals surface area contributed by atoms with Crippen LogP contribution in [0.25, 0.3) is 11.0 Å². The van der Waals surface area contributed by atoms with Gasteiger partial charge in [-0.15, -0.1) is 0 Å². The number of anilines is 4. The second-order valence-corrected chi connectivity index (χ2v) is 11.2. The maximum absolute atomic E-state index is 13.5. The molecule has 0 radical (unpaired) electrons. The first kappa shape index (κ1) is 30.4. The highest BCUT2D eigenvalue weighted by Crippen LogP contribution is 2.31. The highest BCUT2D eigenvalue weighted by atomic mass is 35.5. The number of aromatic nitrogens is 2. The molecule has 13 heteroatoms. The van der Waals surface area contributed by atoms with Crippen molar-refractivity contribution < 1.29 is 23.1 Å². The van der Waals surface area contributed by atoms with Crippen molar-refractivity contribution in [2.75, 3.05) is 22.5 Å². The van der Waals surface area contributed by atoms with E-state index in [9.17, 15) is 18.3 Å². The molecule has 0 spiro atoms. The molecule has 1 heterocycles. The molecular formula is C29H25Cl2N5O5S. The lowest BCUT2D eigenvalue weighted by Gasteiger charge is -2.15. The van der Waals surface area contributed by atoms with E-state index in [0.29, 0.717) is 27.5 Å². The monoisotopic (exact) mass is 625 g/mol. The molecule has 0 fully saturated rings. The minimum absolute atomic E-state index is 0. The van der Waals surface area contributed by atoms with Gasteiger partial charge >= 0.3 is 0 Å². The Kier molecular flexibility index (Phi) is 9.05. The molecule has 1 amide bonds. The predicted molar refractivity (Wildman–Crippen MR) is 166 cm³/mol. The molecule has 0 saturated carbocycles. The molecule has 0 bridgehead atoms. The first-order chi connectivity index (χ1) is 19.6. The summed E-state index contributed by atoms with van der Waals surface area (Å²) in [4.78, 5) is 21.6. The van der Waals surface area contributed by atoms with Gasteiger partial charge in [-0.1, -0.05) is 48.8 Å². The average molecular weight is 627 g/mol. The molecule has 5 aromatic rings. The third-order valence-electron chi connectivity index (χ3n) is 5.77. The number of nitrogens with one attached hydrogen (secondary N) is 3. The van der Waals surface area contributed by atoms with Crippen molar-refractivity contribution in [2.24, 2.45) is 0 Å². The fraction of sp³-hybridized carbons (Fsp3) is 0.0690. The molecule has 0 unspecified atom stereocenters. The number of phenolic OH excluding ortho intramolecular Hbond substituents is 1. The number of phenols is 1. The lowest BCUT2D eigenvalue weighted by molar-refractivity contribution is 0.102. The first-order valence-corrected chi connectivity index (χ1v) is 14.2. The maximum Gasteiger partial charge on any atom is 0.263 e. The van der Waals surface area contributed by atoms with Gasteiger partial charge in [0.15, 0.2) is 11.6 Å². The number of para-hydroxylation sites is 2. The van der Waals surface area contributed by atoms with Crippen LogP contribution in [0.15, 0.2) is 89.8 Å². The summed E-state index contributed by atoms with van der Waals surface area (Å²) in [6.45, 7) is 0. The third-order valence-corrected chi connectivity index (χ3v) is 7.65. The summed E-state index contributed by atoms with van der Waals surface area (Å²) in [6, 6.07) is 21.5. The number of rotatable bonds is 8. The Labute approximate surface area is 252 Å². The molecule has 42 heavy (non-hydrogen) atoms. The predicted octanol–water partition coefficient (Wildman–Crippen LogP) is 7.08. The highest BCUT2D eigenvalue weighted by Gasteiger charge is 2.21. The van der Waals surface area contributed by atoms with Gasteiger partial charge in [-0.05, 0) is 48.5 Å². The van der Waals surface area contributed by atoms with Crippen LogP contribution in [0.4, 0.5) is 23.0 Å². The molecule has 1 aromatic heterocycles. The first-order valence-electron chi connectivity index (χ1n) is 11.9. The number of amides is 1. The highest BCUT2D eigenvalue weighted by molar-refractivity contribution is 7.92. The summed E-state index contributed by atoms with van der Waals surface area (Å²) in [7, 11) is -2.76. The van der Waals surface area contributed by atoms with Gasteiger partial charge in [0.2, 0.25) is 0 Å². The zero-order valence-corrected chi connectivity index (χ0v) is 23.6. The van der Waals surface area contributed by atoms with Crippen molar-refractivity contribution >= 4 is 73.2 Å². The zero-order chi connectivity index (χ0) is 29.1. The molecule has 4 N–H and O–H groups in total. The number of hydrogen-bond acceptors (Lipinski definition) is 8. The lowest BCUT2D eigenvalue weighted by Crippen LogP contribution is -2.17. The van der Waals surface area contributed by atoms with Gasteiger partial charge in [-0.3, -0.25) is 9.52 Å². The van der Waals surface area contributed by atoms with E-state index in [-0.39, 0.29) is 46.0 Å². The summed E-state index contributed by atoms with van der Waals surface area (Å²) < 4.78 is 34.6. The Hall–Kier alpha value is -4.58. The van der Waals surface area contributed by atoms with E-state index in [1.54, 1.807) is 36.4 Å². The van der Waals surface area contributed by atoms with Crippen LogP contribution in [0.1, 0.15) is 17.8 Å². The molecule has 0 aliphatic carbocycles. The fourth-order valence-electron chi connectivity index (χ4n) is 3.87. The van der Waals surface area contributed by atoms with Crippen molar-refractivity contribution in [3.8, 4) is 11.5 Å². The third kappa shape index (κ3) is 6.82. The summed E-state index contributed by atoms with van der Waals surface area (Å²) in [6.07, 6.45) is 0. The number of nitrogens with zero attached hydrogens (tertiary/aromatic N) is 2. The van der Waals surface area contributed by atoms with Crippen LogP contribution in [0.2, 0.25) is 10.0 Å². The number of carbonyl (C=O) groups excluding carboxylic acids is 1. The fourth-order valence-corrected chi connectivity index (χ4v) is 5.42. The summed E-state index contributed by atoms with van der Waals surface area (Å²) in [5.74, 6) is -0.235. The molecule has 0 aliphatic rings. The van der Waals surface area contributed by atoms with Crippen molar-refractivity contribution in [3.05, 3.63) is 101 Å². The standard InChI is InChI=1S/C28H21Cl2N5O5S.CH4/c1-40-20-13-18(12-19(36)15-20)31-26-27(34-25-8-3-2-7-24(25)33-26)35-41(38,39)21-6-4-5-17(14-21)32-28(37)22-10-9-16(29)11-23(22)30;/h2-15,36H,1H3,(H,31,33)(H,32,37)(H,34,35);1H4. The Morgan fingerprint density at radius 2 is 1.57 bits per heavy atom. The summed E-state index contributed by atoms with van der Waals surface area (Å²) >= 11 is 12.0. The molecule has 0 saturated heterocycles. The minimum atomic E-state index is -4.22. The van der Waals surface area contributed by atoms with E-state index in [1.807, 2.05) is 0 Å². The number of hydrogen-bond donors (Lipinski definition) is 4. The Morgan fingerprint density at radius 1 is 0.857 bits per heavy atom. The summed E-state index contributed by atoms with van der Waals surface area (Å²) in [5, 5.41) is 16.2. The van der Waals surface area contributed by atoms with E-state index in [0.717, 1.165) is 0 Å². The quantitative estimate of drug-likeness (QED) is 0.143. The number of benzene rings is 4. The number of aromatic hydroxyl groups is 1. The van der Waals surface area contributed by atoms with Crippen molar-refractivity contribution in [2.45, 2.75) is 12.3 Å². The second-order valence-electron chi connectivity index (χ2n) is 8.67. The lowest BCUT2D eigenvalue weighted by atomic mass is 10.2. The number of carbonyl (C=O) groups is 1. The molecule has 0 atom stereocenters. The average Bonchev–Trinajstić information content (AvgIpc) is 2.93. The molecule has 4 aromatic carbocycles. The van der Waals surface area contributed by atoms with E-state index in [2.05, 4.69) is 25.3 Å². The van der Waals surface area contributed by atoms with Crippen LogP contribution in [-0.4, -0.2) is 36.5 Å². The maximum atomic E-state index is 13.5. The van der Waals surface area contributed by atoms with Gasteiger partial charge < -0.3 is 20.5 Å².